The van der Waals surface area contributed by atoms with Crippen molar-refractivity contribution in [3.8, 4) is 0 Å². The van der Waals surface area contributed by atoms with Gasteiger partial charge in [0.1, 0.15) is 0 Å². The zero-order valence-electron chi connectivity index (χ0n) is 9.65. The fourth-order valence-electron chi connectivity index (χ4n) is 1.03. The molecular formula is C11H24N2. The zero-order valence-corrected chi connectivity index (χ0v) is 9.65. The van der Waals surface area contributed by atoms with Crippen LogP contribution in [0.3, 0.4) is 0 Å². The van der Waals surface area contributed by atoms with E-state index in [1.807, 2.05) is 6.20 Å². The molecule has 0 aliphatic carbocycles. The van der Waals surface area contributed by atoms with Gasteiger partial charge in [0.25, 0.3) is 0 Å². The van der Waals surface area contributed by atoms with Crippen LogP contribution in [-0.4, -0.2) is 12.1 Å². The minimum atomic E-state index is -0.140. The van der Waals surface area contributed by atoms with Crippen LogP contribution in [0.1, 0.15) is 41.0 Å². The summed E-state index contributed by atoms with van der Waals surface area (Å²) in [6.07, 6.45) is 5.14. The molecule has 0 aliphatic heterocycles. The van der Waals surface area contributed by atoms with Crippen molar-refractivity contribution in [3.05, 3.63) is 12.3 Å². The third-order valence-electron chi connectivity index (χ3n) is 3.03. The van der Waals surface area contributed by atoms with Crippen LogP contribution < -0.4 is 11.1 Å². The van der Waals surface area contributed by atoms with E-state index in [-0.39, 0.29) is 11.0 Å². The van der Waals surface area contributed by atoms with Crippen LogP contribution in [0.2, 0.25) is 0 Å². The predicted molar refractivity (Wildman–Crippen MR) is 59.5 cm³/mol. The van der Waals surface area contributed by atoms with Gasteiger partial charge in [0.15, 0.2) is 0 Å². The summed E-state index contributed by atoms with van der Waals surface area (Å²) in [7, 11) is 0. The maximum Gasteiger partial charge on any atom is 0.0210 e. The second-order valence-corrected chi connectivity index (χ2v) is 4.38. The summed E-state index contributed by atoms with van der Waals surface area (Å²) in [6, 6.07) is 0. The average Bonchev–Trinajstić information content (AvgIpc) is 2.04. The van der Waals surface area contributed by atoms with Gasteiger partial charge < -0.3 is 11.1 Å². The molecule has 0 aliphatic rings. The largest absolute Gasteiger partial charge is 0.391 e. The van der Waals surface area contributed by atoms with Gasteiger partial charge in [0.2, 0.25) is 0 Å². The molecule has 2 heteroatoms. The lowest BCUT2D eigenvalue weighted by atomic mass is 9.72. The van der Waals surface area contributed by atoms with Gasteiger partial charge in [0.05, 0.1) is 0 Å². The minimum Gasteiger partial charge on any atom is -0.391 e. The molecule has 2 nitrogen and oxygen atoms in total. The Morgan fingerprint density at radius 3 is 2.15 bits per heavy atom. The molecule has 0 aromatic carbocycles. The Labute approximate surface area is 82.6 Å². The Morgan fingerprint density at radius 1 is 1.23 bits per heavy atom. The average molecular weight is 184 g/mol. The van der Waals surface area contributed by atoms with Gasteiger partial charge in [-0.1, -0.05) is 26.8 Å². The van der Waals surface area contributed by atoms with Crippen molar-refractivity contribution < 1.29 is 0 Å². The van der Waals surface area contributed by atoms with Crippen molar-refractivity contribution in [1.29, 1.82) is 0 Å². The van der Waals surface area contributed by atoms with Crippen molar-refractivity contribution in [2.45, 2.75) is 46.6 Å². The van der Waals surface area contributed by atoms with E-state index < -0.39 is 0 Å². The van der Waals surface area contributed by atoms with Crippen molar-refractivity contribution in [3.63, 3.8) is 0 Å². The van der Waals surface area contributed by atoms with Crippen LogP contribution in [0.25, 0.3) is 0 Å². The summed E-state index contributed by atoms with van der Waals surface area (Å²) < 4.78 is 0. The van der Waals surface area contributed by atoms with Crippen molar-refractivity contribution in [2.24, 2.45) is 11.1 Å². The normalized spacial score (nSPS) is 17.4. The molecule has 0 fully saturated rings. The summed E-state index contributed by atoms with van der Waals surface area (Å²) in [6.45, 7) is 11.6. The van der Waals surface area contributed by atoms with Gasteiger partial charge in [0, 0.05) is 17.5 Å². The van der Waals surface area contributed by atoms with Crippen molar-refractivity contribution in [2.75, 3.05) is 6.54 Å². The molecule has 0 aromatic rings. The summed E-state index contributed by atoms with van der Waals surface area (Å²) in [5.74, 6) is 0. The van der Waals surface area contributed by atoms with Crippen LogP contribution >= 0.6 is 0 Å². The highest BCUT2D eigenvalue weighted by Crippen LogP contribution is 2.32. The van der Waals surface area contributed by atoms with Crippen LogP contribution in [0.5, 0.6) is 0 Å². The van der Waals surface area contributed by atoms with Crippen LogP contribution in [0.4, 0.5) is 0 Å². The van der Waals surface area contributed by atoms with Gasteiger partial charge in [-0.05, 0) is 26.5 Å². The lowest BCUT2D eigenvalue weighted by Crippen LogP contribution is -2.48. The molecule has 0 saturated heterocycles. The molecule has 0 radical (unpaired) electrons. The number of rotatable bonds is 5. The monoisotopic (exact) mass is 184 g/mol. The molecule has 0 heterocycles. The quantitative estimate of drug-likeness (QED) is 0.688. The first kappa shape index (κ1) is 12.5. The lowest BCUT2D eigenvalue weighted by Gasteiger charge is -2.38. The number of hydrogen-bond donors (Lipinski definition) is 2. The van der Waals surface area contributed by atoms with Crippen LogP contribution in [0, 0.1) is 5.41 Å². The van der Waals surface area contributed by atoms with Crippen LogP contribution in [-0.2, 0) is 0 Å². The van der Waals surface area contributed by atoms with Crippen molar-refractivity contribution >= 4 is 0 Å². The Bertz CT molecular complexity index is 169. The Morgan fingerprint density at radius 2 is 1.77 bits per heavy atom. The highest BCUT2D eigenvalue weighted by Gasteiger charge is 2.33. The Hall–Kier alpha value is -0.500. The van der Waals surface area contributed by atoms with E-state index in [2.05, 4.69) is 46.0 Å². The summed E-state index contributed by atoms with van der Waals surface area (Å²) >= 11 is 0. The van der Waals surface area contributed by atoms with Gasteiger partial charge in [-0.25, -0.2) is 0 Å². The van der Waals surface area contributed by atoms with Gasteiger partial charge in [-0.3, -0.25) is 0 Å². The molecule has 0 aromatic heterocycles. The van der Waals surface area contributed by atoms with Gasteiger partial charge in [-0.2, -0.15) is 0 Å². The Balaban J connectivity index is 4.38. The maximum absolute atomic E-state index is 6.20. The van der Waals surface area contributed by atoms with Gasteiger partial charge in [-0.15, -0.1) is 0 Å². The summed E-state index contributed by atoms with van der Waals surface area (Å²) in [4.78, 5) is 0. The molecule has 78 valence electrons. The number of nitrogens with one attached hydrogen (secondary N) is 1. The summed E-state index contributed by atoms with van der Waals surface area (Å²) in [5.41, 5.74) is 6.09. The summed E-state index contributed by atoms with van der Waals surface area (Å²) in [5, 5.41) is 3.16. The molecule has 3 N–H and O–H groups in total. The third-order valence-corrected chi connectivity index (χ3v) is 3.03. The first-order valence-electron chi connectivity index (χ1n) is 5.07. The molecule has 13 heavy (non-hydrogen) atoms. The molecule has 0 saturated carbocycles. The highest BCUT2D eigenvalue weighted by atomic mass is 14.8. The first-order valence-corrected chi connectivity index (χ1v) is 5.07. The molecule has 1 unspecified atom stereocenters. The second kappa shape index (κ2) is 4.66. The first-order chi connectivity index (χ1) is 5.87. The third kappa shape index (κ3) is 3.39. The maximum atomic E-state index is 6.20. The molecule has 0 spiro atoms. The molecule has 1 atom stereocenters. The highest BCUT2D eigenvalue weighted by molar-refractivity contribution is 5.05. The molecular weight excluding hydrogens is 160 g/mol. The minimum absolute atomic E-state index is 0.0317. The predicted octanol–water partition coefficient (Wildman–Crippen LogP) is 2.26. The number of hydrogen-bond acceptors (Lipinski definition) is 2. The van der Waals surface area contributed by atoms with E-state index in [1.54, 1.807) is 0 Å². The van der Waals surface area contributed by atoms with E-state index in [9.17, 15) is 0 Å². The molecule has 0 bridgehead atoms. The van der Waals surface area contributed by atoms with E-state index in [0.29, 0.717) is 0 Å². The smallest absolute Gasteiger partial charge is 0.0210 e. The van der Waals surface area contributed by atoms with E-state index in [0.717, 1.165) is 13.0 Å². The fraction of sp³-hybridized carbons (Fsp3) is 0.818. The van der Waals surface area contributed by atoms with E-state index >= 15 is 0 Å². The van der Waals surface area contributed by atoms with Crippen LogP contribution in [0.15, 0.2) is 12.3 Å². The molecule has 0 amide bonds. The topological polar surface area (TPSA) is 38.0 Å². The van der Waals surface area contributed by atoms with Crippen molar-refractivity contribution in [1.82, 2.24) is 5.32 Å². The molecule has 0 rings (SSSR count). The standard InChI is InChI=1S/C11H24N2/c1-6-11(5,12)10(3,4)8-9-13-7-2/h8-9,13H,6-7,12H2,1-5H3/b9-8+. The van der Waals surface area contributed by atoms with Gasteiger partial charge >= 0.3 is 0 Å². The SMILES string of the molecule is CCN/C=C/C(C)(C)C(C)(N)CC. The Kier molecular flexibility index (Phi) is 4.48. The lowest BCUT2D eigenvalue weighted by molar-refractivity contribution is 0.238. The second-order valence-electron chi connectivity index (χ2n) is 4.38. The zero-order chi connectivity index (χ0) is 10.5. The number of nitrogens with two attached hydrogens (primary N) is 1. The van der Waals surface area contributed by atoms with E-state index in [4.69, 9.17) is 5.73 Å². The fourth-order valence-corrected chi connectivity index (χ4v) is 1.03. The van der Waals surface area contributed by atoms with E-state index in [1.165, 1.54) is 0 Å².